The summed E-state index contributed by atoms with van der Waals surface area (Å²) in [6.07, 6.45) is -13.6. The molecule has 0 saturated carbocycles. The van der Waals surface area contributed by atoms with Crippen molar-refractivity contribution in [1.82, 2.24) is 0 Å². The van der Waals surface area contributed by atoms with Crippen molar-refractivity contribution in [2.45, 2.75) is 37.1 Å². The third-order valence-corrected chi connectivity index (χ3v) is 1.43. The average Bonchev–Trinajstić information content (AvgIpc) is 1.95. The van der Waals surface area contributed by atoms with E-state index in [-0.39, 0.29) is 6.92 Å². The Kier molecular flexibility index (Phi) is 3.94. The summed E-state index contributed by atoms with van der Waals surface area (Å²) in [6, 6.07) is -4.55. The first-order valence-electron chi connectivity index (χ1n) is 3.77. The molecule has 2 nitrogen and oxygen atoms in total. The Morgan fingerprint density at radius 3 is 1.28 bits per heavy atom. The van der Waals surface area contributed by atoms with Crippen molar-refractivity contribution in [3.63, 3.8) is 0 Å². The lowest BCUT2D eigenvalue weighted by molar-refractivity contribution is -0.488. The Labute approximate surface area is 92.1 Å². The van der Waals surface area contributed by atoms with Gasteiger partial charge in [-0.1, -0.05) is 0 Å². The van der Waals surface area contributed by atoms with Gasteiger partial charge < -0.3 is 5.11 Å². The predicted octanol–water partition coefficient (Wildman–Crippen LogP) is 3.06. The molecule has 0 aromatic rings. The normalized spacial score (nSPS) is 18.7. The van der Waals surface area contributed by atoms with Gasteiger partial charge in [0.05, 0.1) is 0 Å². The molecule has 0 aliphatic rings. The molecule has 0 bridgehead atoms. The van der Waals surface area contributed by atoms with E-state index in [9.17, 15) is 43.9 Å². The van der Waals surface area contributed by atoms with Gasteiger partial charge >= 0.3 is 30.2 Å². The number of hydrogen-bond acceptors (Lipinski definition) is 2. The van der Waals surface area contributed by atoms with Crippen LogP contribution in [0.4, 0.5) is 43.9 Å². The van der Waals surface area contributed by atoms with E-state index >= 15 is 0 Å². The largest absolute Gasteiger partial charge is 0.460 e. The minimum Gasteiger partial charge on any atom is -0.340 e. The van der Waals surface area contributed by atoms with Crippen LogP contribution in [0, 0.1) is 0 Å². The van der Waals surface area contributed by atoms with Crippen LogP contribution in [0.3, 0.4) is 0 Å². The van der Waals surface area contributed by atoms with Crippen LogP contribution in [-0.4, -0.2) is 35.3 Å². The van der Waals surface area contributed by atoms with E-state index in [1.54, 1.807) is 0 Å². The lowest BCUT2D eigenvalue weighted by Gasteiger charge is -2.34. The van der Waals surface area contributed by atoms with Crippen LogP contribution in [0.1, 0.15) is 6.92 Å². The second-order valence-corrected chi connectivity index (χ2v) is 3.14. The smallest absolute Gasteiger partial charge is 0.340 e. The Hall–Kier alpha value is -0.780. The van der Waals surface area contributed by atoms with E-state index < -0.39 is 30.2 Å². The van der Waals surface area contributed by atoms with Gasteiger partial charge in [-0.3, -0.25) is 4.74 Å². The van der Waals surface area contributed by atoms with Crippen LogP contribution >= 0.6 is 0 Å². The molecule has 0 aromatic heterocycles. The van der Waals surface area contributed by atoms with E-state index in [2.05, 4.69) is 4.74 Å². The first-order chi connectivity index (χ1) is 7.46. The zero-order valence-electron chi connectivity index (χ0n) is 8.14. The molecule has 0 rings (SSSR count). The van der Waals surface area contributed by atoms with Crippen LogP contribution < -0.4 is 0 Å². The van der Waals surface area contributed by atoms with Crippen molar-refractivity contribution in [1.29, 1.82) is 0 Å². The van der Waals surface area contributed by atoms with Crippen molar-refractivity contribution in [2.75, 3.05) is 0 Å². The van der Waals surface area contributed by atoms with Gasteiger partial charge in [0.1, 0.15) is 0 Å². The molecule has 0 amide bonds. The lowest BCUT2D eigenvalue weighted by Crippen LogP contribution is -2.62. The molecule has 0 aromatic carbocycles. The fourth-order valence-corrected chi connectivity index (χ4v) is 0.659. The highest BCUT2D eigenvalue weighted by atomic mass is 19.4. The molecule has 0 aliphatic heterocycles. The van der Waals surface area contributed by atoms with E-state index in [1.165, 1.54) is 0 Å². The summed E-state index contributed by atoms with van der Waals surface area (Å²) in [5, 5.41) is 7.96. The maximum Gasteiger partial charge on any atom is 0.460 e. The molecule has 1 atom stereocenters. The Morgan fingerprint density at radius 1 is 0.722 bits per heavy atom. The lowest BCUT2D eigenvalue weighted by atomic mass is 10.1. The van der Waals surface area contributed by atoms with Gasteiger partial charge in [-0.25, -0.2) is 0 Å². The Morgan fingerprint density at radius 2 is 1.06 bits per heavy atom. The molecule has 0 aliphatic carbocycles. The topological polar surface area (TPSA) is 29.5 Å². The second-order valence-electron chi connectivity index (χ2n) is 3.14. The second kappa shape index (κ2) is 4.11. The summed E-state index contributed by atoms with van der Waals surface area (Å²) < 4.78 is 123. The molecule has 1 N–H and O–H groups in total. The van der Waals surface area contributed by atoms with Crippen LogP contribution in [0.5, 0.6) is 0 Å². The zero-order valence-corrected chi connectivity index (χ0v) is 8.14. The van der Waals surface area contributed by atoms with Gasteiger partial charge in [0.15, 0.2) is 0 Å². The quantitative estimate of drug-likeness (QED) is 0.638. The Balaban J connectivity index is 5.50. The number of hydrogen-bond donors (Lipinski definition) is 1. The maximum atomic E-state index is 12.4. The zero-order chi connectivity index (χ0) is 15.2. The van der Waals surface area contributed by atoms with Crippen molar-refractivity contribution < 1.29 is 53.7 Å². The molecule has 0 heterocycles. The monoisotopic (exact) mass is 298 g/mol. The number of ether oxygens (including phenoxy) is 1. The van der Waals surface area contributed by atoms with Crippen LogP contribution in [0.15, 0.2) is 0 Å². The maximum absolute atomic E-state index is 12.4. The minimum absolute atomic E-state index is 0.317. The first kappa shape index (κ1) is 17.2. The van der Waals surface area contributed by atoms with E-state index in [4.69, 9.17) is 5.11 Å². The predicted molar refractivity (Wildman–Crippen MR) is 33.7 cm³/mol. The molecule has 0 radical (unpaired) electrons. The van der Waals surface area contributed by atoms with Crippen molar-refractivity contribution in [2.24, 2.45) is 0 Å². The van der Waals surface area contributed by atoms with Crippen molar-refractivity contribution in [3.05, 3.63) is 0 Å². The summed E-state index contributed by atoms with van der Waals surface area (Å²) in [5.74, 6) is -14.3. The van der Waals surface area contributed by atoms with E-state index in [0.29, 0.717) is 0 Å². The number of aliphatic hydroxyl groups is 1. The highest BCUT2D eigenvalue weighted by Gasteiger charge is 2.83. The summed E-state index contributed by atoms with van der Waals surface area (Å²) in [7, 11) is 0. The third-order valence-electron chi connectivity index (χ3n) is 1.43. The SMILES string of the molecule is CC(O)(F)OC(F)(F)C(F)(F)C(F)(F)C(F)(F)F. The summed E-state index contributed by atoms with van der Waals surface area (Å²) in [6.45, 7) is -0.317. The average molecular weight is 298 g/mol. The number of rotatable bonds is 4. The molecule has 0 fully saturated rings. The van der Waals surface area contributed by atoms with Crippen LogP contribution in [-0.2, 0) is 4.74 Å². The molecule has 0 spiro atoms. The van der Waals surface area contributed by atoms with Crippen LogP contribution in [0.2, 0.25) is 0 Å². The molecule has 12 heteroatoms. The van der Waals surface area contributed by atoms with Gasteiger partial charge in [0.25, 0.3) is 0 Å². The van der Waals surface area contributed by atoms with Gasteiger partial charge in [-0.2, -0.15) is 43.9 Å². The number of halogens is 10. The highest BCUT2D eigenvalue weighted by molar-refractivity contribution is 4.96. The third kappa shape index (κ3) is 2.96. The van der Waals surface area contributed by atoms with Crippen LogP contribution in [0.25, 0.3) is 0 Å². The summed E-state index contributed by atoms with van der Waals surface area (Å²) >= 11 is 0. The standard InChI is InChI=1S/C6H4F10O2/c1-2(7,17)18-6(15,16)4(10,11)3(8,9)5(12,13)14/h17H,1H3. The molecule has 0 saturated heterocycles. The van der Waals surface area contributed by atoms with Crippen molar-refractivity contribution in [3.8, 4) is 0 Å². The van der Waals surface area contributed by atoms with E-state index in [1.807, 2.05) is 0 Å². The van der Waals surface area contributed by atoms with Gasteiger partial charge in [-0.05, 0) is 0 Å². The fraction of sp³-hybridized carbons (Fsp3) is 1.00. The molecule has 1 unspecified atom stereocenters. The van der Waals surface area contributed by atoms with Gasteiger partial charge in [0, 0.05) is 6.92 Å². The Bertz CT molecular complexity index is 300. The summed E-state index contributed by atoms with van der Waals surface area (Å²) in [5.41, 5.74) is 0. The van der Waals surface area contributed by atoms with Gasteiger partial charge in [-0.15, -0.1) is 0 Å². The van der Waals surface area contributed by atoms with Crippen molar-refractivity contribution >= 4 is 0 Å². The molecular formula is C6H4F10O2. The summed E-state index contributed by atoms with van der Waals surface area (Å²) in [4.78, 5) is 0. The number of alkyl halides is 10. The molecular weight excluding hydrogens is 294 g/mol. The van der Waals surface area contributed by atoms with Gasteiger partial charge in [0.2, 0.25) is 0 Å². The minimum atomic E-state index is -7.20. The molecule has 18 heavy (non-hydrogen) atoms. The van der Waals surface area contributed by atoms with E-state index in [0.717, 1.165) is 0 Å². The highest BCUT2D eigenvalue weighted by Crippen LogP contribution is 2.54. The molecule has 110 valence electrons. The first-order valence-corrected chi connectivity index (χ1v) is 3.77. The fourth-order valence-electron chi connectivity index (χ4n) is 0.659.